The van der Waals surface area contributed by atoms with Crippen LogP contribution in [0.1, 0.15) is 24.0 Å². The third kappa shape index (κ3) is 8.48. The van der Waals surface area contributed by atoms with Crippen molar-refractivity contribution in [2.45, 2.75) is 25.6 Å². The van der Waals surface area contributed by atoms with Crippen LogP contribution in [0.4, 0.5) is 17.6 Å². The molecule has 0 radical (unpaired) electrons. The lowest BCUT2D eigenvalue weighted by Gasteiger charge is -2.16. The van der Waals surface area contributed by atoms with E-state index < -0.39 is 17.6 Å². The van der Waals surface area contributed by atoms with Gasteiger partial charge < -0.3 is 20.1 Å². The minimum atomic E-state index is -4.61. The second kappa shape index (κ2) is 12.4. The quantitative estimate of drug-likeness (QED) is 0.181. The van der Waals surface area contributed by atoms with Crippen LogP contribution in [0.5, 0.6) is 0 Å². The third-order valence-corrected chi connectivity index (χ3v) is 4.18. The van der Waals surface area contributed by atoms with Gasteiger partial charge in [-0.25, -0.2) is 4.39 Å². The van der Waals surface area contributed by atoms with Gasteiger partial charge in [0, 0.05) is 39.3 Å². The van der Waals surface area contributed by atoms with Crippen LogP contribution in [-0.2, 0) is 22.2 Å². The molecule has 1 heterocycles. The number of rotatable bonds is 8. The maximum absolute atomic E-state index is 13.1. The smallest absolute Gasteiger partial charge is 0.381 e. The number of benzene rings is 1. The zero-order chi connectivity index (χ0) is 19.7. The maximum Gasteiger partial charge on any atom is 0.416 e. The normalized spacial score (nSPS) is 17.3. The Morgan fingerprint density at radius 1 is 1.32 bits per heavy atom. The number of hydrogen-bond acceptors (Lipinski definition) is 3. The van der Waals surface area contributed by atoms with Crippen LogP contribution in [0.3, 0.4) is 0 Å². The van der Waals surface area contributed by atoms with Crippen molar-refractivity contribution in [1.82, 2.24) is 10.6 Å². The first-order valence-corrected chi connectivity index (χ1v) is 8.85. The van der Waals surface area contributed by atoms with Crippen molar-refractivity contribution < 1.29 is 27.0 Å². The first-order valence-electron chi connectivity index (χ1n) is 8.85. The highest BCUT2D eigenvalue weighted by molar-refractivity contribution is 14.0. The highest BCUT2D eigenvalue weighted by Gasteiger charge is 2.33. The molecule has 1 aliphatic heterocycles. The van der Waals surface area contributed by atoms with Gasteiger partial charge in [-0.15, -0.1) is 24.0 Å². The molecule has 1 saturated heterocycles. The number of ether oxygens (including phenoxy) is 2. The van der Waals surface area contributed by atoms with Gasteiger partial charge >= 0.3 is 6.18 Å². The summed E-state index contributed by atoms with van der Waals surface area (Å²) >= 11 is 0. The van der Waals surface area contributed by atoms with Crippen molar-refractivity contribution in [1.29, 1.82) is 0 Å². The summed E-state index contributed by atoms with van der Waals surface area (Å²) in [7, 11) is 1.53. The lowest BCUT2D eigenvalue weighted by atomic mass is 10.1. The Kier molecular flexibility index (Phi) is 11.1. The van der Waals surface area contributed by atoms with Gasteiger partial charge in [-0.1, -0.05) is 6.07 Å². The van der Waals surface area contributed by atoms with Gasteiger partial charge in [0.2, 0.25) is 0 Å². The molecule has 2 N–H and O–H groups in total. The third-order valence-electron chi connectivity index (χ3n) is 4.18. The van der Waals surface area contributed by atoms with Gasteiger partial charge in [-0.3, -0.25) is 4.99 Å². The van der Waals surface area contributed by atoms with Gasteiger partial charge in [0.1, 0.15) is 5.82 Å². The predicted octanol–water partition coefficient (Wildman–Crippen LogP) is 3.57. The summed E-state index contributed by atoms with van der Waals surface area (Å²) in [5, 5.41) is 5.83. The van der Waals surface area contributed by atoms with Gasteiger partial charge in [-0.05, 0) is 30.5 Å². The Morgan fingerprint density at radius 2 is 2.11 bits per heavy atom. The molecular formula is C18H26F4IN3O2. The zero-order valence-corrected chi connectivity index (χ0v) is 18.0. The van der Waals surface area contributed by atoms with Crippen molar-refractivity contribution >= 4 is 29.9 Å². The number of halogens is 5. The first kappa shape index (κ1) is 24.9. The molecule has 10 heteroatoms. The number of hydrogen-bond donors (Lipinski definition) is 2. The van der Waals surface area contributed by atoms with E-state index in [0.29, 0.717) is 37.7 Å². The standard InChI is InChI=1S/C18H25F4N3O2.HI/c1-23-17(24-6-2-7-26-11-13-5-8-27-12-13)25-10-14-3-4-15(19)9-16(14)18(20,21)22;/h3-4,9,13H,2,5-8,10-12H2,1H3,(H2,23,24,25);1H. The fourth-order valence-corrected chi connectivity index (χ4v) is 2.71. The Labute approximate surface area is 179 Å². The van der Waals surface area contributed by atoms with Crippen molar-refractivity contribution in [3.8, 4) is 0 Å². The molecule has 1 fully saturated rings. The van der Waals surface area contributed by atoms with Gasteiger partial charge in [0.15, 0.2) is 5.96 Å². The topological polar surface area (TPSA) is 54.9 Å². The number of guanidine groups is 1. The Balaban J connectivity index is 0.00000392. The molecule has 1 aromatic rings. The van der Waals surface area contributed by atoms with E-state index in [2.05, 4.69) is 15.6 Å². The van der Waals surface area contributed by atoms with E-state index in [9.17, 15) is 17.6 Å². The predicted molar refractivity (Wildman–Crippen MR) is 109 cm³/mol. The van der Waals surface area contributed by atoms with Crippen molar-refractivity contribution in [2.24, 2.45) is 10.9 Å². The van der Waals surface area contributed by atoms with Crippen molar-refractivity contribution in [3.63, 3.8) is 0 Å². The summed E-state index contributed by atoms with van der Waals surface area (Å²) in [5.74, 6) is -0.0830. The molecule has 1 aromatic carbocycles. The fourth-order valence-electron chi connectivity index (χ4n) is 2.71. The average molecular weight is 519 g/mol. The molecule has 0 aliphatic carbocycles. The van der Waals surface area contributed by atoms with Crippen LogP contribution >= 0.6 is 24.0 Å². The number of nitrogens with zero attached hydrogens (tertiary/aromatic N) is 1. The van der Waals surface area contributed by atoms with E-state index in [4.69, 9.17) is 9.47 Å². The summed E-state index contributed by atoms with van der Waals surface area (Å²) in [6, 6.07) is 2.63. The van der Waals surface area contributed by atoms with E-state index in [1.165, 1.54) is 7.05 Å². The molecule has 0 saturated carbocycles. The molecule has 0 aromatic heterocycles. The zero-order valence-electron chi connectivity index (χ0n) is 15.7. The summed E-state index contributed by atoms with van der Waals surface area (Å²) < 4.78 is 63.0. The molecule has 160 valence electrons. The summed E-state index contributed by atoms with van der Waals surface area (Å²) in [5.41, 5.74) is -1.04. The van der Waals surface area contributed by atoms with Crippen LogP contribution in [0, 0.1) is 11.7 Å². The number of nitrogens with one attached hydrogen (secondary N) is 2. The SMILES string of the molecule is CN=C(NCCCOCC1CCOC1)NCc1ccc(F)cc1C(F)(F)F.I. The van der Waals surface area contributed by atoms with E-state index >= 15 is 0 Å². The summed E-state index contributed by atoms with van der Waals surface area (Å²) in [4.78, 5) is 3.98. The number of alkyl halides is 3. The van der Waals surface area contributed by atoms with Crippen LogP contribution in [0.15, 0.2) is 23.2 Å². The van der Waals surface area contributed by atoms with Crippen molar-refractivity contribution in [3.05, 3.63) is 35.1 Å². The largest absolute Gasteiger partial charge is 0.416 e. The monoisotopic (exact) mass is 519 g/mol. The number of aliphatic imine (C=N–C) groups is 1. The second-order valence-electron chi connectivity index (χ2n) is 6.31. The lowest BCUT2D eigenvalue weighted by Crippen LogP contribution is -2.38. The molecule has 0 spiro atoms. The molecule has 5 nitrogen and oxygen atoms in total. The first-order chi connectivity index (χ1) is 12.9. The van der Waals surface area contributed by atoms with E-state index in [1.54, 1.807) is 0 Å². The van der Waals surface area contributed by atoms with Crippen molar-refractivity contribution in [2.75, 3.05) is 40.0 Å². The van der Waals surface area contributed by atoms with Crippen LogP contribution in [0.2, 0.25) is 0 Å². The minimum Gasteiger partial charge on any atom is -0.381 e. The van der Waals surface area contributed by atoms with E-state index in [0.717, 1.165) is 38.2 Å². The highest BCUT2D eigenvalue weighted by atomic mass is 127. The van der Waals surface area contributed by atoms with Crippen LogP contribution in [0.25, 0.3) is 0 Å². The Morgan fingerprint density at radius 3 is 2.75 bits per heavy atom. The summed E-state index contributed by atoms with van der Waals surface area (Å²) in [6.45, 7) is 3.25. The molecule has 28 heavy (non-hydrogen) atoms. The fraction of sp³-hybridized carbons (Fsp3) is 0.611. The molecule has 0 bridgehead atoms. The Bertz CT molecular complexity index is 623. The molecule has 1 atom stereocenters. The highest BCUT2D eigenvalue weighted by Crippen LogP contribution is 2.32. The summed E-state index contributed by atoms with van der Waals surface area (Å²) in [6.07, 6.45) is -2.85. The molecule has 1 aliphatic rings. The second-order valence-corrected chi connectivity index (χ2v) is 6.31. The Hall–Kier alpha value is -1.14. The molecular weight excluding hydrogens is 493 g/mol. The van der Waals surface area contributed by atoms with Gasteiger partial charge in [0.25, 0.3) is 0 Å². The van der Waals surface area contributed by atoms with Gasteiger partial charge in [0.05, 0.1) is 18.8 Å². The molecule has 1 unspecified atom stereocenters. The van der Waals surface area contributed by atoms with E-state index in [-0.39, 0.29) is 36.1 Å². The van der Waals surface area contributed by atoms with Crippen LogP contribution < -0.4 is 10.6 Å². The molecule has 0 amide bonds. The lowest BCUT2D eigenvalue weighted by molar-refractivity contribution is -0.138. The minimum absolute atomic E-state index is 0. The van der Waals surface area contributed by atoms with E-state index in [1.807, 2.05) is 0 Å². The maximum atomic E-state index is 13.1. The van der Waals surface area contributed by atoms with Crippen LogP contribution in [-0.4, -0.2) is 46.0 Å². The average Bonchev–Trinajstić information content (AvgIpc) is 3.14. The van der Waals surface area contributed by atoms with Gasteiger partial charge in [-0.2, -0.15) is 13.2 Å². The molecule has 2 rings (SSSR count).